The van der Waals surface area contributed by atoms with Gasteiger partial charge in [-0.2, -0.15) is 18.3 Å². The molecule has 0 radical (unpaired) electrons. The molecule has 2 aromatic rings. The summed E-state index contributed by atoms with van der Waals surface area (Å²) < 4.78 is 39.0. The Morgan fingerprint density at radius 3 is 2.14 bits per heavy atom. The molecule has 1 N–H and O–H groups in total. The van der Waals surface area contributed by atoms with E-state index in [1.54, 1.807) is 6.07 Å². The van der Waals surface area contributed by atoms with E-state index in [1.165, 1.54) is 0 Å². The summed E-state index contributed by atoms with van der Waals surface area (Å²) in [6.07, 6.45) is -1.95. The summed E-state index contributed by atoms with van der Waals surface area (Å²) in [7, 11) is 0. The van der Waals surface area contributed by atoms with Gasteiger partial charge in [-0.25, -0.2) is 0 Å². The minimum Gasteiger partial charge on any atom is -0.266 e. The number of rotatable bonds is 4. The van der Waals surface area contributed by atoms with E-state index in [-0.39, 0.29) is 12.1 Å². The summed E-state index contributed by atoms with van der Waals surface area (Å²) in [5, 5.41) is 26.7. The van der Waals surface area contributed by atoms with Crippen LogP contribution in [0.3, 0.4) is 0 Å². The van der Waals surface area contributed by atoms with E-state index < -0.39 is 38.6 Å². The fraction of sp³-hybridized carbons (Fsp3) is 0.278. The molecule has 11 heteroatoms. The van der Waals surface area contributed by atoms with Crippen molar-refractivity contribution in [1.82, 2.24) is 0 Å². The number of anilines is 1. The molecule has 29 heavy (non-hydrogen) atoms. The van der Waals surface area contributed by atoms with Crippen LogP contribution in [0.1, 0.15) is 36.0 Å². The van der Waals surface area contributed by atoms with Crippen molar-refractivity contribution in [2.45, 2.75) is 31.9 Å². The van der Waals surface area contributed by atoms with E-state index in [9.17, 15) is 33.4 Å². The maximum atomic E-state index is 13.0. The highest BCUT2D eigenvalue weighted by Gasteiger charge is 2.37. The first-order valence-corrected chi connectivity index (χ1v) is 8.63. The van der Waals surface area contributed by atoms with E-state index in [4.69, 9.17) is 0 Å². The Morgan fingerprint density at radius 1 is 0.966 bits per heavy atom. The maximum Gasteiger partial charge on any atom is 0.416 e. The van der Waals surface area contributed by atoms with Crippen LogP contribution in [0.2, 0.25) is 0 Å². The van der Waals surface area contributed by atoms with Gasteiger partial charge in [0.15, 0.2) is 0 Å². The number of alkyl halides is 3. The van der Waals surface area contributed by atoms with Gasteiger partial charge in [0, 0.05) is 17.7 Å². The Labute approximate surface area is 162 Å². The van der Waals surface area contributed by atoms with Crippen molar-refractivity contribution >= 4 is 22.8 Å². The van der Waals surface area contributed by atoms with Crippen molar-refractivity contribution in [3.8, 4) is 0 Å². The molecule has 0 heterocycles. The van der Waals surface area contributed by atoms with Gasteiger partial charge >= 0.3 is 17.6 Å². The molecule has 8 nitrogen and oxygen atoms in total. The molecule has 3 rings (SSSR count). The molecule has 0 bridgehead atoms. The second kappa shape index (κ2) is 7.86. The monoisotopic (exact) mass is 408 g/mol. The Kier molecular flexibility index (Phi) is 5.48. The van der Waals surface area contributed by atoms with Crippen molar-refractivity contribution in [2.75, 3.05) is 5.43 Å². The average Bonchev–Trinajstić information content (AvgIpc) is 2.87. The molecular formula is C18H15F3N4O4. The molecule has 0 unspecified atom stereocenters. The van der Waals surface area contributed by atoms with Crippen LogP contribution in [-0.4, -0.2) is 15.6 Å². The molecule has 1 aliphatic rings. The van der Waals surface area contributed by atoms with E-state index >= 15 is 0 Å². The van der Waals surface area contributed by atoms with Crippen LogP contribution in [0.25, 0.3) is 0 Å². The van der Waals surface area contributed by atoms with Crippen molar-refractivity contribution in [2.24, 2.45) is 5.10 Å². The van der Waals surface area contributed by atoms with Gasteiger partial charge in [-0.05, 0) is 31.2 Å². The molecule has 0 atom stereocenters. The fourth-order valence-corrected chi connectivity index (χ4v) is 3.18. The normalized spacial score (nSPS) is 15.5. The predicted molar refractivity (Wildman–Crippen MR) is 98.9 cm³/mol. The smallest absolute Gasteiger partial charge is 0.266 e. The van der Waals surface area contributed by atoms with Crippen molar-refractivity contribution in [3.63, 3.8) is 0 Å². The quantitative estimate of drug-likeness (QED) is 0.432. The number of nitrogens with zero attached hydrogens (tertiary/aromatic N) is 3. The summed E-state index contributed by atoms with van der Waals surface area (Å²) in [6, 6.07) is 7.91. The first-order valence-electron chi connectivity index (χ1n) is 8.63. The van der Waals surface area contributed by atoms with Crippen molar-refractivity contribution < 1.29 is 23.0 Å². The Balaban J connectivity index is 2.10. The van der Waals surface area contributed by atoms with Crippen LogP contribution in [0.15, 0.2) is 41.5 Å². The molecule has 0 saturated heterocycles. The van der Waals surface area contributed by atoms with Gasteiger partial charge in [0.05, 0.1) is 21.1 Å². The number of aryl methyl sites for hydroxylation is 1. The van der Waals surface area contributed by atoms with E-state index in [1.807, 2.05) is 18.2 Å². The minimum atomic E-state index is -4.97. The third-order valence-corrected chi connectivity index (χ3v) is 4.56. The summed E-state index contributed by atoms with van der Waals surface area (Å²) >= 11 is 0. The predicted octanol–water partition coefficient (Wildman–Crippen LogP) is 5.06. The van der Waals surface area contributed by atoms with Gasteiger partial charge in [0.2, 0.25) is 5.69 Å². The lowest BCUT2D eigenvalue weighted by Gasteiger charge is -2.11. The standard InChI is InChI=1S/C18H15F3N4O4/c19-18(20,21)12-9-15(24(26)27)17(16(10-12)25(28)29)23-22-14-8-4-2-6-11-5-1-3-7-13(11)14/h1,3,5,7,9-10,23H,2,4,6,8H2/b22-14+. The topological polar surface area (TPSA) is 111 Å². The third kappa shape index (κ3) is 4.33. The summed E-state index contributed by atoms with van der Waals surface area (Å²) in [5.74, 6) is 0. The van der Waals surface area contributed by atoms with Crippen LogP contribution in [0.5, 0.6) is 0 Å². The zero-order chi connectivity index (χ0) is 21.2. The second-order valence-corrected chi connectivity index (χ2v) is 6.44. The molecule has 2 aromatic carbocycles. The maximum absolute atomic E-state index is 13.0. The number of nitro benzene ring substituents is 2. The molecule has 0 fully saturated rings. The molecule has 0 aliphatic heterocycles. The Morgan fingerprint density at radius 2 is 1.55 bits per heavy atom. The number of halogens is 3. The molecule has 0 aromatic heterocycles. The van der Waals surface area contributed by atoms with Crippen LogP contribution in [0.4, 0.5) is 30.2 Å². The summed E-state index contributed by atoms with van der Waals surface area (Å²) in [4.78, 5) is 20.4. The molecule has 1 aliphatic carbocycles. The number of hydrazone groups is 1. The fourth-order valence-electron chi connectivity index (χ4n) is 3.18. The summed E-state index contributed by atoms with van der Waals surface area (Å²) in [5.41, 5.74) is 0.331. The molecule has 0 saturated carbocycles. The van der Waals surface area contributed by atoms with Gasteiger partial charge in [-0.15, -0.1) is 0 Å². The highest BCUT2D eigenvalue weighted by atomic mass is 19.4. The zero-order valence-electron chi connectivity index (χ0n) is 14.9. The zero-order valence-corrected chi connectivity index (χ0v) is 14.9. The highest BCUT2D eigenvalue weighted by molar-refractivity contribution is 6.02. The van der Waals surface area contributed by atoms with Crippen molar-refractivity contribution in [1.29, 1.82) is 0 Å². The molecule has 152 valence electrons. The van der Waals surface area contributed by atoms with Crippen LogP contribution in [-0.2, 0) is 12.6 Å². The van der Waals surface area contributed by atoms with Crippen LogP contribution in [0, 0.1) is 20.2 Å². The van der Waals surface area contributed by atoms with E-state index in [2.05, 4.69) is 10.5 Å². The number of hydrogen-bond donors (Lipinski definition) is 1. The lowest BCUT2D eigenvalue weighted by atomic mass is 10.0. The number of benzene rings is 2. The highest BCUT2D eigenvalue weighted by Crippen LogP contribution is 2.41. The van der Waals surface area contributed by atoms with Gasteiger partial charge in [0.1, 0.15) is 0 Å². The SMILES string of the molecule is O=[N+]([O-])c1cc(C(F)(F)F)cc([N+](=O)[O-])c1N/N=C1\CCCCc2ccccc21. The Bertz CT molecular complexity index is 970. The summed E-state index contributed by atoms with van der Waals surface area (Å²) in [6.45, 7) is 0. The van der Waals surface area contributed by atoms with Gasteiger partial charge in [0.25, 0.3) is 0 Å². The molecule has 0 spiro atoms. The number of fused-ring (bicyclic) bond motifs is 1. The van der Waals surface area contributed by atoms with E-state index in [0.29, 0.717) is 12.1 Å². The lowest BCUT2D eigenvalue weighted by Crippen LogP contribution is -2.11. The van der Waals surface area contributed by atoms with Gasteiger partial charge < -0.3 is 0 Å². The lowest BCUT2D eigenvalue weighted by molar-refractivity contribution is -0.392. The largest absolute Gasteiger partial charge is 0.416 e. The number of hydrogen-bond acceptors (Lipinski definition) is 6. The first kappa shape index (κ1) is 20.2. The average molecular weight is 408 g/mol. The Hall–Kier alpha value is -3.50. The van der Waals surface area contributed by atoms with Gasteiger partial charge in [-0.3, -0.25) is 25.7 Å². The number of nitrogens with one attached hydrogen (secondary N) is 1. The number of nitro groups is 2. The molecular weight excluding hydrogens is 393 g/mol. The van der Waals surface area contributed by atoms with Crippen LogP contribution >= 0.6 is 0 Å². The third-order valence-electron chi connectivity index (χ3n) is 4.56. The minimum absolute atomic E-state index is 0.260. The van der Waals surface area contributed by atoms with Gasteiger partial charge in [-0.1, -0.05) is 24.3 Å². The first-order chi connectivity index (χ1) is 13.7. The molecule has 0 amide bonds. The van der Waals surface area contributed by atoms with Crippen molar-refractivity contribution in [3.05, 3.63) is 73.3 Å². The second-order valence-electron chi connectivity index (χ2n) is 6.44. The van der Waals surface area contributed by atoms with E-state index in [0.717, 1.165) is 30.4 Å². The van der Waals surface area contributed by atoms with Crippen LogP contribution < -0.4 is 5.43 Å².